The van der Waals surface area contributed by atoms with Gasteiger partial charge in [-0.05, 0) is 32.6 Å². The molecule has 2 saturated heterocycles. The van der Waals surface area contributed by atoms with E-state index >= 15 is 0 Å². The minimum absolute atomic E-state index is 0.250. The maximum Gasteiger partial charge on any atom is 0.290 e. The standard InChI is InChI=1S/C9H16NP.CH2O2/c1-2-7-5-8-3-4-9(6-7)10(8)11;2-1-3/h2,8-9H,3-6,11H2,1H3;1H,(H,2,3). The summed E-state index contributed by atoms with van der Waals surface area (Å²) in [4.78, 5) is 8.36. The quantitative estimate of drug-likeness (QED) is 0.382. The number of allylic oxidation sites excluding steroid dienone is 1. The van der Waals surface area contributed by atoms with Gasteiger partial charge in [-0.3, -0.25) is 9.46 Å². The van der Waals surface area contributed by atoms with E-state index in [-0.39, 0.29) is 6.47 Å². The highest BCUT2D eigenvalue weighted by Gasteiger charge is 2.35. The first-order chi connectivity index (χ1) is 6.72. The second-order valence-corrected chi connectivity index (χ2v) is 4.39. The Bertz CT molecular complexity index is 214. The van der Waals surface area contributed by atoms with Crippen molar-refractivity contribution in [3.8, 4) is 0 Å². The van der Waals surface area contributed by atoms with Crippen LogP contribution in [0.4, 0.5) is 0 Å². The normalized spacial score (nSPS) is 30.6. The summed E-state index contributed by atoms with van der Waals surface area (Å²) in [6.45, 7) is 1.92. The molecule has 3 unspecified atom stereocenters. The molecule has 0 aromatic carbocycles. The van der Waals surface area contributed by atoms with Gasteiger partial charge >= 0.3 is 0 Å². The van der Waals surface area contributed by atoms with Crippen LogP contribution >= 0.6 is 9.39 Å². The molecule has 2 aliphatic heterocycles. The number of rotatable bonds is 0. The monoisotopic (exact) mass is 215 g/mol. The molecule has 3 nitrogen and oxygen atoms in total. The Hall–Kier alpha value is -0.400. The Balaban J connectivity index is 0.000000293. The second-order valence-electron chi connectivity index (χ2n) is 3.79. The van der Waals surface area contributed by atoms with Crippen LogP contribution in [0, 0.1) is 0 Å². The largest absolute Gasteiger partial charge is 0.483 e. The lowest BCUT2D eigenvalue weighted by atomic mass is 9.99. The number of nitrogens with zero attached hydrogens (tertiary/aromatic N) is 1. The van der Waals surface area contributed by atoms with E-state index in [1.54, 1.807) is 5.57 Å². The Labute approximate surface area is 87.4 Å². The van der Waals surface area contributed by atoms with Crippen LogP contribution in [-0.2, 0) is 4.79 Å². The molecule has 2 heterocycles. The molecule has 14 heavy (non-hydrogen) atoms. The minimum Gasteiger partial charge on any atom is -0.483 e. The van der Waals surface area contributed by atoms with Crippen molar-refractivity contribution in [3.05, 3.63) is 11.6 Å². The van der Waals surface area contributed by atoms with Crippen molar-refractivity contribution in [3.63, 3.8) is 0 Å². The van der Waals surface area contributed by atoms with E-state index in [0.717, 1.165) is 12.1 Å². The lowest BCUT2D eigenvalue weighted by Gasteiger charge is -2.32. The number of carboxylic acid groups (broad SMARTS) is 1. The fourth-order valence-electron chi connectivity index (χ4n) is 2.32. The van der Waals surface area contributed by atoms with Crippen LogP contribution in [0.25, 0.3) is 0 Å². The summed E-state index contributed by atoms with van der Waals surface area (Å²) in [6.07, 6.45) is 7.76. The first-order valence-electron chi connectivity index (χ1n) is 4.97. The van der Waals surface area contributed by atoms with Crippen LogP contribution in [-0.4, -0.2) is 28.3 Å². The molecule has 1 N–H and O–H groups in total. The minimum atomic E-state index is -0.250. The number of hydrogen-bond acceptors (Lipinski definition) is 2. The van der Waals surface area contributed by atoms with Crippen molar-refractivity contribution in [2.75, 3.05) is 0 Å². The first-order valence-corrected chi connectivity index (χ1v) is 5.49. The van der Waals surface area contributed by atoms with E-state index in [4.69, 9.17) is 9.90 Å². The smallest absolute Gasteiger partial charge is 0.290 e. The maximum atomic E-state index is 8.36. The number of fused-ring (bicyclic) bond motifs is 2. The molecule has 80 valence electrons. The third-order valence-corrected chi connectivity index (χ3v) is 3.92. The van der Waals surface area contributed by atoms with Crippen LogP contribution in [0.15, 0.2) is 11.6 Å². The molecule has 0 saturated carbocycles. The van der Waals surface area contributed by atoms with Gasteiger partial charge in [-0.2, -0.15) is 0 Å². The molecule has 0 aromatic heterocycles. The van der Waals surface area contributed by atoms with Crippen LogP contribution in [0.5, 0.6) is 0 Å². The lowest BCUT2D eigenvalue weighted by Crippen LogP contribution is -2.32. The molecule has 2 aliphatic rings. The average Bonchev–Trinajstić information content (AvgIpc) is 2.43. The molecule has 0 radical (unpaired) electrons. The molecular formula is C10H18NO2P. The van der Waals surface area contributed by atoms with Crippen LogP contribution in [0.1, 0.15) is 32.6 Å². The summed E-state index contributed by atoms with van der Waals surface area (Å²) in [5.74, 6) is 0. The topological polar surface area (TPSA) is 40.5 Å². The van der Waals surface area contributed by atoms with Gasteiger partial charge in [0.2, 0.25) is 0 Å². The van der Waals surface area contributed by atoms with Crippen molar-refractivity contribution in [2.45, 2.75) is 44.7 Å². The SMILES string of the molecule is CC=C1CC2CCC(C1)N2P.O=CO. The Morgan fingerprint density at radius 1 is 1.43 bits per heavy atom. The summed E-state index contributed by atoms with van der Waals surface area (Å²) in [5.41, 5.74) is 1.68. The number of piperidine rings is 1. The van der Waals surface area contributed by atoms with E-state index in [2.05, 4.69) is 27.1 Å². The first kappa shape index (κ1) is 11.7. The third-order valence-electron chi connectivity index (χ3n) is 3.08. The number of carbonyl (C=O) groups is 1. The van der Waals surface area contributed by atoms with Crippen molar-refractivity contribution >= 4 is 15.9 Å². The Kier molecular flexibility index (Phi) is 4.56. The summed E-state index contributed by atoms with van der Waals surface area (Å²) in [6, 6.07) is 1.68. The lowest BCUT2D eigenvalue weighted by molar-refractivity contribution is -0.122. The van der Waals surface area contributed by atoms with Gasteiger partial charge in [-0.25, -0.2) is 0 Å². The average molecular weight is 215 g/mol. The van der Waals surface area contributed by atoms with E-state index in [9.17, 15) is 0 Å². The van der Waals surface area contributed by atoms with Gasteiger partial charge in [0.15, 0.2) is 0 Å². The van der Waals surface area contributed by atoms with E-state index in [0.29, 0.717) is 0 Å². The molecule has 0 spiro atoms. The molecule has 2 bridgehead atoms. The Morgan fingerprint density at radius 3 is 2.21 bits per heavy atom. The van der Waals surface area contributed by atoms with Gasteiger partial charge in [0.1, 0.15) is 0 Å². The van der Waals surface area contributed by atoms with E-state index in [1.807, 2.05) is 0 Å². The van der Waals surface area contributed by atoms with Crippen LogP contribution in [0.2, 0.25) is 0 Å². The zero-order valence-corrected chi connectivity index (χ0v) is 9.67. The van der Waals surface area contributed by atoms with Gasteiger partial charge in [0.05, 0.1) is 0 Å². The van der Waals surface area contributed by atoms with Gasteiger partial charge in [0, 0.05) is 12.1 Å². The molecule has 0 amide bonds. The Morgan fingerprint density at radius 2 is 1.86 bits per heavy atom. The van der Waals surface area contributed by atoms with Gasteiger partial charge < -0.3 is 5.11 Å². The van der Waals surface area contributed by atoms with E-state index < -0.39 is 0 Å². The van der Waals surface area contributed by atoms with Crippen molar-refractivity contribution in [1.29, 1.82) is 0 Å². The fourth-order valence-corrected chi connectivity index (χ4v) is 2.83. The molecule has 2 fully saturated rings. The maximum absolute atomic E-state index is 8.36. The molecular weight excluding hydrogens is 197 g/mol. The van der Waals surface area contributed by atoms with Gasteiger partial charge in [-0.1, -0.05) is 21.0 Å². The van der Waals surface area contributed by atoms with Crippen molar-refractivity contribution in [1.82, 2.24) is 4.67 Å². The predicted molar refractivity (Wildman–Crippen MR) is 60.0 cm³/mol. The highest BCUT2D eigenvalue weighted by Crippen LogP contribution is 2.40. The van der Waals surface area contributed by atoms with Gasteiger partial charge in [0.25, 0.3) is 6.47 Å². The van der Waals surface area contributed by atoms with Crippen molar-refractivity contribution in [2.24, 2.45) is 0 Å². The van der Waals surface area contributed by atoms with Crippen LogP contribution in [0.3, 0.4) is 0 Å². The molecule has 3 atom stereocenters. The summed E-state index contributed by atoms with van der Waals surface area (Å²) >= 11 is 0. The fraction of sp³-hybridized carbons (Fsp3) is 0.700. The summed E-state index contributed by atoms with van der Waals surface area (Å²) in [7, 11) is 2.89. The highest BCUT2D eigenvalue weighted by atomic mass is 31.0. The number of hydrogen-bond donors (Lipinski definition) is 1. The summed E-state index contributed by atoms with van der Waals surface area (Å²) in [5, 5.41) is 6.89. The molecule has 0 aliphatic carbocycles. The van der Waals surface area contributed by atoms with Crippen LogP contribution < -0.4 is 0 Å². The zero-order chi connectivity index (χ0) is 10.6. The predicted octanol–water partition coefficient (Wildman–Crippen LogP) is 2.05. The van der Waals surface area contributed by atoms with E-state index in [1.165, 1.54) is 25.7 Å². The molecule has 2 rings (SSSR count). The molecule has 0 aromatic rings. The van der Waals surface area contributed by atoms with Gasteiger partial charge in [-0.15, -0.1) is 0 Å². The molecule has 4 heteroatoms. The highest BCUT2D eigenvalue weighted by molar-refractivity contribution is 7.13. The third kappa shape index (κ3) is 2.55. The summed E-state index contributed by atoms with van der Waals surface area (Å²) < 4.78 is 2.49. The second kappa shape index (κ2) is 5.47. The zero-order valence-electron chi connectivity index (χ0n) is 8.52. The van der Waals surface area contributed by atoms with Crippen molar-refractivity contribution < 1.29 is 9.90 Å².